The molecule has 1 aromatic rings. The first kappa shape index (κ1) is 16.0. The number of carboxylic acids is 1. The minimum absolute atomic E-state index is 0.0938. The number of rotatable bonds is 8. The Kier molecular flexibility index (Phi) is 6.52. The number of carbonyl (C=O) groups excluding carboxylic acids is 1. The molecule has 1 aromatic carbocycles. The number of ether oxygens (including phenoxy) is 2. The van der Waals surface area contributed by atoms with Gasteiger partial charge in [0.2, 0.25) is 5.91 Å². The summed E-state index contributed by atoms with van der Waals surface area (Å²) in [5.41, 5.74) is 0.839. The lowest BCUT2D eigenvalue weighted by atomic mass is 10.1. The lowest BCUT2D eigenvalue weighted by Crippen LogP contribution is -2.30. The zero-order valence-electron chi connectivity index (χ0n) is 11.6. The highest BCUT2D eigenvalue weighted by molar-refractivity contribution is 5.78. The van der Waals surface area contributed by atoms with E-state index in [1.807, 2.05) is 6.07 Å². The Balaban J connectivity index is 2.49. The number of methoxy groups -OCH3 is 1. The summed E-state index contributed by atoms with van der Waals surface area (Å²) in [4.78, 5) is 22.1. The van der Waals surface area contributed by atoms with Crippen LogP contribution in [0, 0.1) is 5.92 Å². The highest BCUT2D eigenvalue weighted by atomic mass is 16.5. The van der Waals surface area contributed by atoms with Crippen LogP contribution in [-0.4, -0.2) is 37.3 Å². The maximum Gasteiger partial charge on any atom is 0.341 e. The number of benzene rings is 1. The van der Waals surface area contributed by atoms with Gasteiger partial charge in [-0.25, -0.2) is 4.79 Å². The van der Waals surface area contributed by atoms with Crippen molar-refractivity contribution in [2.24, 2.45) is 5.92 Å². The molecule has 0 aliphatic carbocycles. The molecule has 0 radical (unpaired) electrons. The van der Waals surface area contributed by atoms with Crippen LogP contribution in [0.3, 0.4) is 0 Å². The average Bonchev–Trinajstić information content (AvgIpc) is 2.43. The third-order valence-corrected chi connectivity index (χ3v) is 2.59. The molecule has 6 heteroatoms. The van der Waals surface area contributed by atoms with Crippen molar-refractivity contribution >= 4 is 11.9 Å². The van der Waals surface area contributed by atoms with Gasteiger partial charge in [0.05, 0.1) is 12.5 Å². The van der Waals surface area contributed by atoms with Crippen molar-refractivity contribution in [2.75, 3.05) is 20.3 Å². The summed E-state index contributed by atoms with van der Waals surface area (Å²) in [6.45, 7) is 2.12. The van der Waals surface area contributed by atoms with Gasteiger partial charge in [0.15, 0.2) is 6.61 Å². The minimum atomic E-state index is -1.03. The first-order valence-electron chi connectivity index (χ1n) is 6.23. The number of hydrogen-bond acceptors (Lipinski definition) is 4. The molecular formula is C14H19NO5. The number of nitrogens with one attached hydrogen (secondary N) is 1. The first-order valence-corrected chi connectivity index (χ1v) is 6.23. The van der Waals surface area contributed by atoms with Crippen LogP contribution < -0.4 is 10.1 Å². The zero-order valence-corrected chi connectivity index (χ0v) is 11.6. The Bertz CT molecular complexity index is 461. The van der Waals surface area contributed by atoms with Gasteiger partial charge in [0.1, 0.15) is 5.75 Å². The van der Waals surface area contributed by atoms with E-state index in [9.17, 15) is 9.59 Å². The monoisotopic (exact) mass is 281 g/mol. The van der Waals surface area contributed by atoms with Gasteiger partial charge >= 0.3 is 5.97 Å². The van der Waals surface area contributed by atoms with Gasteiger partial charge in [-0.2, -0.15) is 0 Å². The molecule has 1 unspecified atom stereocenters. The number of aliphatic carboxylic acids is 1. The highest BCUT2D eigenvalue weighted by Gasteiger charge is 2.11. The van der Waals surface area contributed by atoms with Crippen LogP contribution in [0.1, 0.15) is 12.5 Å². The van der Waals surface area contributed by atoms with Crippen LogP contribution in [0.5, 0.6) is 5.75 Å². The van der Waals surface area contributed by atoms with Crippen molar-refractivity contribution in [1.29, 1.82) is 0 Å². The number of hydrogen-bond donors (Lipinski definition) is 2. The second-order valence-electron chi connectivity index (χ2n) is 4.40. The van der Waals surface area contributed by atoms with Crippen LogP contribution in [0.4, 0.5) is 0 Å². The van der Waals surface area contributed by atoms with Crippen molar-refractivity contribution in [3.63, 3.8) is 0 Å². The van der Waals surface area contributed by atoms with Crippen LogP contribution in [-0.2, 0) is 20.9 Å². The Morgan fingerprint density at radius 3 is 2.80 bits per heavy atom. The molecule has 1 atom stereocenters. The van der Waals surface area contributed by atoms with Gasteiger partial charge in [-0.3, -0.25) is 4.79 Å². The lowest BCUT2D eigenvalue weighted by Gasteiger charge is -2.11. The van der Waals surface area contributed by atoms with Gasteiger partial charge in [0, 0.05) is 13.7 Å². The first-order chi connectivity index (χ1) is 9.52. The maximum atomic E-state index is 11.7. The van der Waals surface area contributed by atoms with Crippen molar-refractivity contribution in [3.05, 3.63) is 29.8 Å². The van der Waals surface area contributed by atoms with Crippen molar-refractivity contribution < 1.29 is 24.2 Å². The number of carbonyl (C=O) groups is 2. The van der Waals surface area contributed by atoms with E-state index in [2.05, 4.69) is 5.32 Å². The van der Waals surface area contributed by atoms with Gasteiger partial charge in [-0.05, 0) is 17.7 Å². The molecular weight excluding hydrogens is 262 g/mol. The second kappa shape index (κ2) is 8.16. The standard InChI is InChI=1S/C14H19NO5/c1-10(8-19-2)14(18)15-7-11-4-3-5-12(6-11)20-9-13(16)17/h3-6,10H,7-9H2,1-2H3,(H,15,18)(H,16,17). The normalized spacial score (nSPS) is 11.7. The van der Waals surface area contributed by atoms with Gasteiger partial charge < -0.3 is 19.9 Å². The third-order valence-electron chi connectivity index (χ3n) is 2.59. The number of amides is 1. The average molecular weight is 281 g/mol. The van der Waals surface area contributed by atoms with Crippen LogP contribution in [0.15, 0.2) is 24.3 Å². The third kappa shape index (κ3) is 5.71. The van der Waals surface area contributed by atoms with E-state index in [0.29, 0.717) is 18.9 Å². The fourth-order valence-electron chi connectivity index (χ4n) is 1.58. The van der Waals surface area contributed by atoms with Gasteiger partial charge in [-0.1, -0.05) is 19.1 Å². The quantitative estimate of drug-likeness (QED) is 0.744. The van der Waals surface area contributed by atoms with E-state index < -0.39 is 5.97 Å². The van der Waals surface area contributed by atoms with E-state index in [1.54, 1.807) is 32.2 Å². The molecule has 20 heavy (non-hydrogen) atoms. The van der Waals surface area contributed by atoms with Gasteiger partial charge in [0.25, 0.3) is 0 Å². The summed E-state index contributed by atoms with van der Waals surface area (Å²) >= 11 is 0. The predicted molar refractivity (Wildman–Crippen MR) is 72.5 cm³/mol. The largest absolute Gasteiger partial charge is 0.482 e. The molecule has 0 fully saturated rings. The van der Waals surface area contributed by atoms with E-state index in [-0.39, 0.29) is 18.4 Å². The van der Waals surface area contributed by atoms with Crippen LogP contribution in [0.25, 0.3) is 0 Å². The molecule has 0 heterocycles. The molecule has 0 spiro atoms. The summed E-state index contributed by atoms with van der Waals surface area (Å²) in [6, 6.07) is 6.94. The smallest absolute Gasteiger partial charge is 0.341 e. The second-order valence-corrected chi connectivity index (χ2v) is 4.40. The topological polar surface area (TPSA) is 84.9 Å². The molecule has 0 bridgehead atoms. The molecule has 1 rings (SSSR count). The fourth-order valence-corrected chi connectivity index (χ4v) is 1.58. The fraction of sp³-hybridized carbons (Fsp3) is 0.429. The Morgan fingerprint density at radius 2 is 2.15 bits per heavy atom. The summed E-state index contributed by atoms with van der Waals surface area (Å²) in [5.74, 6) is -0.878. The minimum Gasteiger partial charge on any atom is -0.482 e. The van der Waals surface area contributed by atoms with Crippen molar-refractivity contribution in [3.8, 4) is 5.75 Å². The lowest BCUT2D eigenvalue weighted by molar-refractivity contribution is -0.139. The molecule has 2 N–H and O–H groups in total. The van der Waals surface area contributed by atoms with Crippen LogP contribution in [0.2, 0.25) is 0 Å². The van der Waals surface area contributed by atoms with Crippen molar-refractivity contribution in [1.82, 2.24) is 5.32 Å². The zero-order chi connectivity index (χ0) is 15.0. The molecule has 0 aliphatic heterocycles. The Hall–Kier alpha value is -2.08. The highest BCUT2D eigenvalue weighted by Crippen LogP contribution is 2.13. The Labute approximate surface area is 117 Å². The molecule has 6 nitrogen and oxygen atoms in total. The number of carboxylic acid groups (broad SMARTS) is 1. The molecule has 0 aliphatic rings. The summed E-state index contributed by atoms with van der Waals surface area (Å²) in [7, 11) is 1.55. The SMILES string of the molecule is COCC(C)C(=O)NCc1cccc(OCC(=O)O)c1. The van der Waals surface area contributed by atoms with E-state index in [0.717, 1.165) is 5.56 Å². The maximum absolute atomic E-state index is 11.7. The van der Waals surface area contributed by atoms with E-state index in [1.165, 1.54) is 0 Å². The molecule has 0 saturated carbocycles. The summed E-state index contributed by atoms with van der Waals surface area (Å²) in [6.07, 6.45) is 0. The van der Waals surface area contributed by atoms with Crippen molar-refractivity contribution in [2.45, 2.75) is 13.5 Å². The van der Waals surface area contributed by atoms with E-state index >= 15 is 0 Å². The van der Waals surface area contributed by atoms with Gasteiger partial charge in [-0.15, -0.1) is 0 Å². The van der Waals surface area contributed by atoms with E-state index in [4.69, 9.17) is 14.6 Å². The molecule has 0 aromatic heterocycles. The molecule has 1 amide bonds. The summed E-state index contributed by atoms with van der Waals surface area (Å²) in [5, 5.41) is 11.3. The van der Waals surface area contributed by atoms with Crippen LogP contribution >= 0.6 is 0 Å². The summed E-state index contributed by atoms with van der Waals surface area (Å²) < 4.78 is 9.98. The Morgan fingerprint density at radius 1 is 1.40 bits per heavy atom. The molecule has 110 valence electrons. The predicted octanol–water partition coefficient (Wildman–Crippen LogP) is 1.05. The molecule has 0 saturated heterocycles.